The molecule has 0 aliphatic heterocycles. The molecule has 1 heterocycles. The maximum atomic E-state index is 11.4. The van der Waals surface area contributed by atoms with Crippen LogP contribution < -0.4 is 5.32 Å². The highest BCUT2D eigenvalue weighted by molar-refractivity contribution is 5.72. The number of hydrogen-bond donors (Lipinski definition) is 1. The lowest BCUT2D eigenvalue weighted by Gasteiger charge is -2.27. The number of aryl methyl sites for hydroxylation is 2. The van der Waals surface area contributed by atoms with E-state index in [2.05, 4.69) is 15.3 Å². The van der Waals surface area contributed by atoms with Crippen molar-refractivity contribution in [1.29, 1.82) is 0 Å². The average Bonchev–Trinajstić information content (AvgIpc) is 2.43. The van der Waals surface area contributed by atoms with Gasteiger partial charge in [-0.1, -0.05) is 0 Å². The van der Waals surface area contributed by atoms with Crippen molar-refractivity contribution in [3.05, 3.63) is 17.6 Å². The minimum absolute atomic E-state index is 0.0638. The van der Waals surface area contributed by atoms with Gasteiger partial charge in [0.15, 0.2) is 0 Å². The molecule has 1 N–H and O–H groups in total. The molecule has 1 aromatic heterocycles. The Bertz CT molecular complexity index is 454. The molecule has 1 aromatic rings. The number of methoxy groups -OCH3 is 1. The van der Waals surface area contributed by atoms with Crippen LogP contribution in [0.25, 0.3) is 0 Å². The lowest BCUT2D eigenvalue weighted by Crippen LogP contribution is -2.30. The summed E-state index contributed by atoms with van der Waals surface area (Å²) in [6.45, 7) is 3.91. The van der Waals surface area contributed by atoms with E-state index in [0.29, 0.717) is 6.04 Å². The van der Waals surface area contributed by atoms with E-state index in [1.807, 2.05) is 13.8 Å². The fraction of sp³-hybridized carbons (Fsp3) is 0.643. The van der Waals surface area contributed by atoms with Crippen LogP contribution in [0.4, 0.5) is 5.82 Å². The molecule has 0 unspecified atom stereocenters. The molecule has 0 radical (unpaired) electrons. The second-order valence-electron chi connectivity index (χ2n) is 5.14. The molecular weight excluding hydrogens is 242 g/mol. The number of hydrogen-bond acceptors (Lipinski definition) is 5. The second kappa shape index (κ2) is 5.99. The molecule has 0 aromatic carbocycles. The van der Waals surface area contributed by atoms with Crippen LogP contribution in [0.5, 0.6) is 0 Å². The average molecular weight is 263 g/mol. The first-order valence-corrected chi connectivity index (χ1v) is 6.74. The zero-order valence-corrected chi connectivity index (χ0v) is 11.8. The largest absolute Gasteiger partial charge is 0.469 e. The van der Waals surface area contributed by atoms with Crippen LogP contribution >= 0.6 is 0 Å². The Labute approximate surface area is 113 Å². The van der Waals surface area contributed by atoms with Gasteiger partial charge in [-0.2, -0.15) is 0 Å². The van der Waals surface area contributed by atoms with Gasteiger partial charge < -0.3 is 10.1 Å². The van der Waals surface area contributed by atoms with Crippen molar-refractivity contribution in [2.75, 3.05) is 12.4 Å². The summed E-state index contributed by atoms with van der Waals surface area (Å²) in [4.78, 5) is 20.2. The number of anilines is 1. The summed E-state index contributed by atoms with van der Waals surface area (Å²) >= 11 is 0. The molecule has 1 saturated carbocycles. The van der Waals surface area contributed by atoms with Crippen LogP contribution in [0, 0.1) is 19.8 Å². The molecule has 0 amide bonds. The number of carbonyl (C=O) groups excluding carboxylic acids is 1. The lowest BCUT2D eigenvalue weighted by molar-refractivity contribution is -0.146. The van der Waals surface area contributed by atoms with Crippen molar-refractivity contribution in [1.82, 2.24) is 9.97 Å². The van der Waals surface area contributed by atoms with Crippen molar-refractivity contribution in [2.45, 2.75) is 45.6 Å². The van der Waals surface area contributed by atoms with Gasteiger partial charge in [-0.05, 0) is 39.5 Å². The molecule has 19 heavy (non-hydrogen) atoms. The highest BCUT2D eigenvalue weighted by Crippen LogP contribution is 2.27. The minimum Gasteiger partial charge on any atom is -0.469 e. The van der Waals surface area contributed by atoms with Crippen molar-refractivity contribution in [3.63, 3.8) is 0 Å². The Morgan fingerprint density at radius 2 is 1.95 bits per heavy atom. The van der Waals surface area contributed by atoms with Crippen LogP contribution in [0.3, 0.4) is 0 Å². The predicted octanol–water partition coefficient (Wildman–Crippen LogP) is 2.24. The van der Waals surface area contributed by atoms with E-state index in [-0.39, 0.29) is 11.9 Å². The first-order chi connectivity index (χ1) is 9.10. The van der Waals surface area contributed by atoms with Crippen LogP contribution in [0.1, 0.15) is 37.1 Å². The van der Waals surface area contributed by atoms with E-state index in [0.717, 1.165) is 42.9 Å². The summed E-state index contributed by atoms with van der Waals surface area (Å²) in [5, 5.41) is 3.40. The van der Waals surface area contributed by atoms with Crippen LogP contribution in [0.2, 0.25) is 0 Å². The van der Waals surface area contributed by atoms with Gasteiger partial charge in [0.25, 0.3) is 0 Å². The highest BCUT2D eigenvalue weighted by Gasteiger charge is 2.26. The number of rotatable bonds is 3. The molecule has 0 saturated heterocycles. The third-order valence-corrected chi connectivity index (χ3v) is 3.81. The van der Waals surface area contributed by atoms with Gasteiger partial charge in [-0.3, -0.25) is 9.78 Å². The van der Waals surface area contributed by atoms with Gasteiger partial charge in [-0.25, -0.2) is 4.98 Å². The van der Waals surface area contributed by atoms with Crippen molar-refractivity contribution < 1.29 is 9.53 Å². The van der Waals surface area contributed by atoms with Gasteiger partial charge in [0.05, 0.1) is 30.6 Å². The zero-order valence-electron chi connectivity index (χ0n) is 11.8. The third-order valence-electron chi connectivity index (χ3n) is 3.81. The number of nitrogens with one attached hydrogen (secondary N) is 1. The van der Waals surface area contributed by atoms with E-state index in [4.69, 9.17) is 4.74 Å². The molecule has 1 aliphatic carbocycles. The molecule has 0 atom stereocenters. The molecule has 104 valence electrons. The van der Waals surface area contributed by atoms with E-state index >= 15 is 0 Å². The predicted molar refractivity (Wildman–Crippen MR) is 72.9 cm³/mol. The topological polar surface area (TPSA) is 64.1 Å². The Morgan fingerprint density at radius 3 is 2.53 bits per heavy atom. The number of esters is 1. The maximum absolute atomic E-state index is 11.4. The first-order valence-electron chi connectivity index (χ1n) is 6.74. The van der Waals surface area contributed by atoms with E-state index in [9.17, 15) is 4.79 Å². The van der Waals surface area contributed by atoms with Crippen LogP contribution in [0.15, 0.2) is 6.20 Å². The smallest absolute Gasteiger partial charge is 0.308 e. The highest BCUT2D eigenvalue weighted by atomic mass is 16.5. The normalized spacial score (nSPS) is 22.9. The van der Waals surface area contributed by atoms with Gasteiger partial charge >= 0.3 is 5.97 Å². The number of carbonyl (C=O) groups is 1. The van der Waals surface area contributed by atoms with Crippen molar-refractivity contribution >= 4 is 11.8 Å². The van der Waals surface area contributed by atoms with Gasteiger partial charge in [0, 0.05) is 6.04 Å². The summed E-state index contributed by atoms with van der Waals surface area (Å²) in [6, 6.07) is 0.373. The fourth-order valence-electron chi connectivity index (χ4n) is 2.46. The molecular formula is C14H21N3O2. The Hall–Kier alpha value is -1.65. The summed E-state index contributed by atoms with van der Waals surface area (Å²) < 4.78 is 4.79. The van der Waals surface area contributed by atoms with Crippen molar-refractivity contribution in [3.8, 4) is 0 Å². The Morgan fingerprint density at radius 1 is 1.26 bits per heavy atom. The fourth-order valence-corrected chi connectivity index (χ4v) is 2.46. The summed E-state index contributed by atoms with van der Waals surface area (Å²) in [6.07, 6.45) is 5.46. The summed E-state index contributed by atoms with van der Waals surface area (Å²) in [7, 11) is 1.46. The number of aromatic nitrogens is 2. The Balaban J connectivity index is 1.88. The SMILES string of the molecule is COC(=O)C1CCC(Nc2cnc(C)c(C)n2)CC1. The second-order valence-corrected chi connectivity index (χ2v) is 5.14. The van der Waals surface area contributed by atoms with E-state index < -0.39 is 0 Å². The summed E-state index contributed by atoms with van der Waals surface area (Å²) in [5.74, 6) is 0.808. The summed E-state index contributed by atoms with van der Waals surface area (Å²) in [5.41, 5.74) is 1.91. The molecule has 0 bridgehead atoms. The van der Waals surface area contributed by atoms with Gasteiger partial charge in [0.1, 0.15) is 5.82 Å². The van der Waals surface area contributed by atoms with E-state index in [1.165, 1.54) is 7.11 Å². The molecule has 1 fully saturated rings. The van der Waals surface area contributed by atoms with E-state index in [1.54, 1.807) is 6.20 Å². The standard InChI is InChI=1S/C14H21N3O2/c1-9-10(2)16-13(8-15-9)17-12-6-4-11(5-7-12)14(18)19-3/h8,11-12H,4-7H2,1-3H3,(H,16,17). The lowest BCUT2D eigenvalue weighted by atomic mass is 9.86. The third kappa shape index (κ3) is 3.43. The Kier molecular flexibility index (Phi) is 4.35. The van der Waals surface area contributed by atoms with Gasteiger partial charge in [0.2, 0.25) is 0 Å². The molecule has 5 heteroatoms. The maximum Gasteiger partial charge on any atom is 0.308 e. The molecule has 1 aliphatic rings. The quantitative estimate of drug-likeness (QED) is 0.847. The van der Waals surface area contributed by atoms with Crippen LogP contribution in [-0.4, -0.2) is 29.1 Å². The number of nitrogens with zero attached hydrogens (tertiary/aromatic N) is 2. The van der Waals surface area contributed by atoms with Crippen LogP contribution in [-0.2, 0) is 9.53 Å². The number of ether oxygens (including phenoxy) is 1. The monoisotopic (exact) mass is 263 g/mol. The molecule has 0 spiro atoms. The zero-order chi connectivity index (χ0) is 13.8. The minimum atomic E-state index is -0.0792. The van der Waals surface area contributed by atoms with Crippen molar-refractivity contribution in [2.24, 2.45) is 5.92 Å². The molecule has 5 nitrogen and oxygen atoms in total. The van der Waals surface area contributed by atoms with Gasteiger partial charge in [-0.15, -0.1) is 0 Å². The first kappa shape index (κ1) is 13.8. The molecule has 2 rings (SSSR count).